The average Bonchev–Trinajstić information content (AvgIpc) is 2.81. The van der Waals surface area contributed by atoms with Crippen molar-refractivity contribution in [1.82, 2.24) is 9.55 Å². The Morgan fingerprint density at radius 1 is 1.15 bits per heavy atom. The van der Waals surface area contributed by atoms with Gasteiger partial charge in [0.15, 0.2) is 0 Å². The molecule has 1 heterocycles. The molecule has 0 saturated carbocycles. The van der Waals surface area contributed by atoms with Crippen molar-refractivity contribution in [1.29, 1.82) is 0 Å². The maximum atomic E-state index is 6.32. The van der Waals surface area contributed by atoms with Gasteiger partial charge in [-0.2, -0.15) is 0 Å². The lowest BCUT2D eigenvalue weighted by Crippen LogP contribution is -2.01. The van der Waals surface area contributed by atoms with Crippen molar-refractivity contribution in [2.45, 2.75) is 19.2 Å². The van der Waals surface area contributed by atoms with E-state index in [1.54, 1.807) is 0 Å². The molecule has 20 heavy (non-hydrogen) atoms. The summed E-state index contributed by atoms with van der Waals surface area (Å²) < 4.78 is 3.19. The summed E-state index contributed by atoms with van der Waals surface area (Å²) >= 11 is 9.79. The van der Waals surface area contributed by atoms with Gasteiger partial charge in [0.2, 0.25) is 0 Å². The zero-order valence-electron chi connectivity index (χ0n) is 11.3. The first kappa shape index (κ1) is 13.7. The highest BCUT2D eigenvalue weighted by Gasteiger charge is 2.17. The summed E-state index contributed by atoms with van der Waals surface area (Å²) in [5.74, 6) is 0.873. The quantitative estimate of drug-likeness (QED) is 0.567. The first-order valence-corrected chi connectivity index (χ1v) is 7.69. The molecule has 1 unspecified atom stereocenters. The third-order valence-corrected chi connectivity index (χ3v) is 4.08. The van der Waals surface area contributed by atoms with Crippen LogP contribution in [0.1, 0.15) is 23.7 Å². The zero-order chi connectivity index (χ0) is 14.3. The number of benzene rings is 2. The minimum atomic E-state index is -0.148. The van der Waals surface area contributed by atoms with Crippen molar-refractivity contribution in [3.8, 4) is 5.69 Å². The fourth-order valence-electron chi connectivity index (χ4n) is 2.39. The van der Waals surface area contributed by atoms with Gasteiger partial charge in [0, 0.05) is 10.2 Å². The molecule has 102 valence electrons. The van der Waals surface area contributed by atoms with E-state index >= 15 is 0 Å². The predicted octanol–water partition coefficient (Wildman–Crippen LogP) is 5.40. The second kappa shape index (κ2) is 5.23. The second-order valence-electron chi connectivity index (χ2n) is 4.84. The van der Waals surface area contributed by atoms with Crippen molar-refractivity contribution in [2.24, 2.45) is 0 Å². The summed E-state index contributed by atoms with van der Waals surface area (Å²) in [5, 5.41) is -0.148. The summed E-state index contributed by atoms with van der Waals surface area (Å²) in [7, 11) is 0. The minimum absolute atomic E-state index is 0.148. The smallest absolute Gasteiger partial charge is 0.132 e. The van der Waals surface area contributed by atoms with Gasteiger partial charge in [0.1, 0.15) is 5.82 Å². The Hall–Kier alpha value is -1.32. The van der Waals surface area contributed by atoms with Crippen molar-refractivity contribution in [2.75, 3.05) is 0 Å². The number of hydrogen-bond donors (Lipinski definition) is 0. The van der Waals surface area contributed by atoms with E-state index < -0.39 is 0 Å². The molecule has 2 nitrogen and oxygen atoms in total. The highest BCUT2D eigenvalue weighted by molar-refractivity contribution is 9.10. The Morgan fingerprint density at radius 3 is 2.50 bits per heavy atom. The summed E-state index contributed by atoms with van der Waals surface area (Å²) in [6.45, 7) is 4.03. The van der Waals surface area contributed by atoms with Crippen LogP contribution in [0.4, 0.5) is 0 Å². The molecule has 0 radical (unpaired) electrons. The Labute approximate surface area is 131 Å². The van der Waals surface area contributed by atoms with Crippen LogP contribution in [0.15, 0.2) is 46.9 Å². The molecule has 1 aromatic heterocycles. The van der Waals surface area contributed by atoms with Gasteiger partial charge in [-0.25, -0.2) is 4.98 Å². The van der Waals surface area contributed by atoms with Gasteiger partial charge in [0.25, 0.3) is 0 Å². The molecule has 0 N–H and O–H groups in total. The van der Waals surface area contributed by atoms with Gasteiger partial charge in [-0.1, -0.05) is 28.1 Å². The summed E-state index contributed by atoms with van der Waals surface area (Å²) in [5.41, 5.74) is 4.34. The number of hydrogen-bond acceptors (Lipinski definition) is 1. The van der Waals surface area contributed by atoms with E-state index in [9.17, 15) is 0 Å². The largest absolute Gasteiger partial charge is 0.295 e. The molecule has 0 amide bonds. The molecule has 1 atom stereocenters. The number of rotatable bonds is 2. The first-order chi connectivity index (χ1) is 9.58. The molecule has 0 aliphatic carbocycles. The molecule has 0 saturated heterocycles. The normalized spacial score (nSPS) is 12.8. The lowest BCUT2D eigenvalue weighted by molar-refractivity contribution is 0.882. The number of nitrogens with zero attached hydrogens (tertiary/aromatic N) is 2. The van der Waals surface area contributed by atoms with Crippen molar-refractivity contribution in [3.05, 3.63) is 58.3 Å². The molecule has 0 spiro atoms. The van der Waals surface area contributed by atoms with E-state index in [1.807, 2.05) is 19.1 Å². The molecule has 0 aliphatic heterocycles. The van der Waals surface area contributed by atoms with E-state index in [-0.39, 0.29) is 5.38 Å². The molecular formula is C16H14BrClN2. The Bertz CT molecular complexity index is 760. The van der Waals surface area contributed by atoms with Crippen LogP contribution in [0.5, 0.6) is 0 Å². The van der Waals surface area contributed by atoms with E-state index in [0.29, 0.717) is 0 Å². The maximum Gasteiger partial charge on any atom is 0.132 e. The van der Waals surface area contributed by atoms with Gasteiger partial charge >= 0.3 is 0 Å². The van der Waals surface area contributed by atoms with E-state index in [1.165, 1.54) is 0 Å². The monoisotopic (exact) mass is 348 g/mol. The first-order valence-electron chi connectivity index (χ1n) is 6.46. The van der Waals surface area contributed by atoms with Crippen LogP contribution < -0.4 is 0 Å². The van der Waals surface area contributed by atoms with Crippen LogP contribution >= 0.6 is 27.5 Å². The van der Waals surface area contributed by atoms with Gasteiger partial charge in [-0.3, -0.25) is 4.57 Å². The van der Waals surface area contributed by atoms with Crippen LogP contribution in [0.2, 0.25) is 0 Å². The second-order valence-corrected chi connectivity index (χ2v) is 6.41. The fourth-order valence-corrected chi connectivity index (χ4v) is 2.80. The van der Waals surface area contributed by atoms with Crippen molar-refractivity contribution in [3.63, 3.8) is 0 Å². The molecule has 3 rings (SSSR count). The van der Waals surface area contributed by atoms with Crippen LogP contribution in [0, 0.1) is 6.92 Å². The molecule has 0 aliphatic rings. The minimum Gasteiger partial charge on any atom is -0.295 e. The highest BCUT2D eigenvalue weighted by Crippen LogP contribution is 2.29. The number of halogens is 2. The lowest BCUT2D eigenvalue weighted by Gasteiger charge is -2.10. The standard InChI is InChI=1S/C16H14BrClN2/c1-10-4-3-5-14-15(10)19-16(11(2)18)20(14)13-8-6-12(17)7-9-13/h3-9,11H,1-2H3. The number of para-hydroxylation sites is 1. The Balaban J connectivity index is 2.35. The highest BCUT2D eigenvalue weighted by atomic mass is 79.9. The maximum absolute atomic E-state index is 6.32. The third kappa shape index (κ3) is 2.25. The average molecular weight is 350 g/mol. The molecule has 4 heteroatoms. The Morgan fingerprint density at radius 2 is 1.85 bits per heavy atom. The Kier molecular flexibility index (Phi) is 3.57. The van der Waals surface area contributed by atoms with Gasteiger partial charge in [-0.05, 0) is 49.7 Å². The van der Waals surface area contributed by atoms with Crippen LogP contribution in [0.3, 0.4) is 0 Å². The third-order valence-electron chi connectivity index (χ3n) is 3.35. The van der Waals surface area contributed by atoms with E-state index in [4.69, 9.17) is 16.6 Å². The van der Waals surface area contributed by atoms with E-state index in [0.717, 1.165) is 32.6 Å². The number of imidazole rings is 1. The lowest BCUT2D eigenvalue weighted by atomic mass is 10.2. The number of aryl methyl sites for hydroxylation is 1. The summed E-state index contributed by atoms with van der Waals surface area (Å²) in [6.07, 6.45) is 0. The SMILES string of the molecule is Cc1cccc2c1nc(C(C)Cl)n2-c1ccc(Br)cc1. The molecular weight excluding hydrogens is 336 g/mol. The van der Waals surface area contributed by atoms with E-state index in [2.05, 4.69) is 57.8 Å². The van der Waals surface area contributed by atoms with Crippen LogP contribution in [-0.2, 0) is 0 Å². The van der Waals surface area contributed by atoms with Gasteiger partial charge in [0.05, 0.1) is 16.4 Å². The van der Waals surface area contributed by atoms with Crippen molar-refractivity contribution < 1.29 is 0 Å². The summed E-state index contributed by atoms with van der Waals surface area (Å²) in [6, 6.07) is 14.4. The molecule has 0 fully saturated rings. The summed E-state index contributed by atoms with van der Waals surface area (Å²) in [4.78, 5) is 4.73. The molecule has 0 bridgehead atoms. The molecule has 3 aromatic rings. The van der Waals surface area contributed by atoms with Crippen LogP contribution in [-0.4, -0.2) is 9.55 Å². The zero-order valence-corrected chi connectivity index (χ0v) is 13.6. The predicted molar refractivity (Wildman–Crippen MR) is 87.8 cm³/mol. The number of fused-ring (bicyclic) bond motifs is 1. The fraction of sp³-hybridized carbons (Fsp3) is 0.188. The van der Waals surface area contributed by atoms with Gasteiger partial charge in [-0.15, -0.1) is 11.6 Å². The van der Waals surface area contributed by atoms with Crippen molar-refractivity contribution >= 4 is 38.6 Å². The number of aromatic nitrogens is 2. The molecule has 2 aromatic carbocycles. The number of alkyl halides is 1. The van der Waals surface area contributed by atoms with Gasteiger partial charge < -0.3 is 0 Å². The van der Waals surface area contributed by atoms with Crippen LogP contribution in [0.25, 0.3) is 16.7 Å². The topological polar surface area (TPSA) is 17.8 Å².